The Bertz CT molecular complexity index is 89.1. The van der Waals surface area contributed by atoms with Gasteiger partial charge in [-0.15, -0.1) is 0 Å². The Kier molecular flexibility index (Phi) is 2.82. The molecule has 0 aromatic heterocycles. The van der Waals surface area contributed by atoms with Gasteiger partial charge in [0.05, 0.1) is 6.10 Å². The summed E-state index contributed by atoms with van der Waals surface area (Å²) in [5, 5.41) is 12.4. The van der Waals surface area contributed by atoms with E-state index in [0.29, 0.717) is 5.92 Å². The van der Waals surface area contributed by atoms with Crippen molar-refractivity contribution >= 4 is 11.8 Å². The van der Waals surface area contributed by atoms with E-state index >= 15 is 0 Å². The SMILES string of the molecule is CSC[C@@H]1CNC[C@H]1O. The topological polar surface area (TPSA) is 32.3 Å². The molecule has 1 rings (SSSR count). The summed E-state index contributed by atoms with van der Waals surface area (Å²) in [6.07, 6.45) is 1.97. The van der Waals surface area contributed by atoms with Gasteiger partial charge in [-0.25, -0.2) is 0 Å². The predicted molar refractivity (Wildman–Crippen MR) is 40.7 cm³/mol. The quantitative estimate of drug-likeness (QED) is 0.573. The monoisotopic (exact) mass is 147 g/mol. The summed E-state index contributed by atoms with van der Waals surface area (Å²) in [5.41, 5.74) is 0. The number of aliphatic hydroxyl groups is 1. The van der Waals surface area contributed by atoms with Crippen LogP contribution in [0.5, 0.6) is 0 Å². The van der Waals surface area contributed by atoms with E-state index in [2.05, 4.69) is 11.6 Å². The molecule has 0 spiro atoms. The van der Waals surface area contributed by atoms with Crippen molar-refractivity contribution in [3.8, 4) is 0 Å². The summed E-state index contributed by atoms with van der Waals surface area (Å²) in [7, 11) is 0. The maximum Gasteiger partial charge on any atom is 0.0712 e. The molecule has 2 nitrogen and oxygen atoms in total. The second-order valence-corrected chi connectivity index (χ2v) is 3.35. The molecule has 0 aromatic carbocycles. The summed E-state index contributed by atoms with van der Waals surface area (Å²) in [6.45, 7) is 1.77. The third kappa shape index (κ3) is 1.85. The van der Waals surface area contributed by atoms with Gasteiger partial charge < -0.3 is 10.4 Å². The number of nitrogens with one attached hydrogen (secondary N) is 1. The van der Waals surface area contributed by atoms with Crippen LogP contribution in [0.15, 0.2) is 0 Å². The number of rotatable bonds is 2. The van der Waals surface area contributed by atoms with Crippen LogP contribution in [0.1, 0.15) is 0 Å². The first-order valence-electron chi connectivity index (χ1n) is 3.22. The molecule has 3 heteroatoms. The molecule has 0 aliphatic carbocycles. The number of thioether (sulfide) groups is 1. The van der Waals surface area contributed by atoms with E-state index in [-0.39, 0.29) is 6.10 Å². The largest absolute Gasteiger partial charge is 0.391 e. The fourth-order valence-corrected chi connectivity index (χ4v) is 1.87. The fraction of sp³-hybridized carbons (Fsp3) is 1.00. The van der Waals surface area contributed by atoms with Crippen molar-refractivity contribution in [2.45, 2.75) is 6.10 Å². The maximum absolute atomic E-state index is 9.24. The van der Waals surface area contributed by atoms with E-state index in [9.17, 15) is 5.11 Å². The van der Waals surface area contributed by atoms with Crippen molar-refractivity contribution in [3.63, 3.8) is 0 Å². The number of aliphatic hydroxyl groups excluding tert-OH is 1. The van der Waals surface area contributed by atoms with Crippen molar-refractivity contribution in [1.82, 2.24) is 5.32 Å². The summed E-state index contributed by atoms with van der Waals surface area (Å²) in [6, 6.07) is 0. The Morgan fingerprint density at radius 3 is 2.89 bits per heavy atom. The molecule has 54 valence electrons. The van der Waals surface area contributed by atoms with E-state index in [1.54, 1.807) is 11.8 Å². The van der Waals surface area contributed by atoms with Crippen LogP contribution in [-0.2, 0) is 0 Å². The molecule has 0 radical (unpaired) electrons. The Hall–Kier alpha value is 0.270. The zero-order valence-electron chi connectivity index (χ0n) is 5.63. The molecule has 0 amide bonds. The Morgan fingerprint density at radius 1 is 1.67 bits per heavy atom. The summed E-state index contributed by atoms with van der Waals surface area (Å²) in [4.78, 5) is 0. The molecular weight excluding hydrogens is 134 g/mol. The van der Waals surface area contributed by atoms with E-state index in [0.717, 1.165) is 18.8 Å². The molecule has 0 aromatic rings. The van der Waals surface area contributed by atoms with Crippen LogP contribution >= 0.6 is 11.8 Å². The molecule has 1 aliphatic rings. The first kappa shape index (κ1) is 7.38. The van der Waals surface area contributed by atoms with Crippen LogP contribution in [-0.4, -0.2) is 36.3 Å². The normalized spacial score (nSPS) is 35.3. The van der Waals surface area contributed by atoms with Gasteiger partial charge in [0.25, 0.3) is 0 Å². The van der Waals surface area contributed by atoms with Gasteiger partial charge in [-0.3, -0.25) is 0 Å². The molecule has 1 fully saturated rings. The highest BCUT2D eigenvalue weighted by Gasteiger charge is 2.23. The van der Waals surface area contributed by atoms with Gasteiger partial charge in [0.15, 0.2) is 0 Å². The minimum atomic E-state index is -0.0996. The third-order valence-electron chi connectivity index (χ3n) is 1.68. The lowest BCUT2D eigenvalue weighted by Crippen LogP contribution is -2.19. The fourth-order valence-electron chi connectivity index (χ4n) is 1.10. The van der Waals surface area contributed by atoms with Gasteiger partial charge in [-0.05, 0) is 12.0 Å². The Balaban J connectivity index is 2.22. The third-order valence-corrected chi connectivity index (χ3v) is 2.45. The van der Waals surface area contributed by atoms with Crippen molar-refractivity contribution in [2.24, 2.45) is 5.92 Å². The standard InChI is InChI=1S/C6H13NOS/c1-9-4-5-2-7-3-6(5)8/h5-8H,2-4H2,1H3/t5-,6+/m0/s1. The highest BCUT2D eigenvalue weighted by molar-refractivity contribution is 7.98. The summed E-state index contributed by atoms with van der Waals surface area (Å²) in [5.74, 6) is 1.56. The second kappa shape index (κ2) is 3.44. The van der Waals surface area contributed by atoms with Crippen LogP contribution in [0.25, 0.3) is 0 Å². The predicted octanol–water partition coefficient (Wildman–Crippen LogP) is -0.0703. The van der Waals surface area contributed by atoms with E-state index < -0.39 is 0 Å². The smallest absolute Gasteiger partial charge is 0.0712 e. The minimum absolute atomic E-state index is 0.0996. The Morgan fingerprint density at radius 2 is 2.44 bits per heavy atom. The van der Waals surface area contributed by atoms with Crippen LogP contribution < -0.4 is 5.32 Å². The van der Waals surface area contributed by atoms with Gasteiger partial charge in [0.2, 0.25) is 0 Å². The average molecular weight is 147 g/mol. The van der Waals surface area contributed by atoms with Crippen molar-refractivity contribution in [2.75, 3.05) is 25.1 Å². The van der Waals surface area contributed by atoms with Gasteiger partial charge in [-0.2, -0.15) is 11.8 Å². The molecular formula is C6H13NOS. The van der Waals surface area contributed by atoms with E-state index in [4.69, 9.17) is 0 Å². The van der Waals surface area contributed by atoms with Crippen LogP contribution in [0.2, 0.25) is 0 Å². The van der Waals surface area contributed by atoms with Crippen LogP contribution in [0, 0.1) is 5.92 Å². The van der Waals surface area contributed by atoms with Crippen molar-refractivity contribution < 1.29 is 5.11 Å². The van der Waals surface area contributed by atoms with Gasteiger partial charge in [0, 0.05) is 19.0 Å². The van der Waals surface area contributed by atoms with Gasteiger partial charge in [0.1, 0.15) is 0 Å². The van der Waals surface area contributed by atoms with Gasteiger partial charge >= 0.3 is 0 Å². The van der Waals surface area contributed by atoms with Crippen molar-refractivity contribution in [3.05, 3.63) is 0 Å². The number of hydrogen-bond acceptors (Lipinski definition) is 3. The van der Waals surface area contributed by atoms with Crippen LogP contribution in [0.3, 0.4) is 0 Å². The Labute approximate surface area is 60.0 Å². The van der Waals surface area contributed by atoms with Crippen molar-refractivity contribution in [1.29, 1.82) is 0 Å². The zero-order chi connectivity index (χ0) is 6.69. The molecule has 1 aliphatic heterocycles. The van der Waals surface area contributed by atoms with Crippen LogP contribution in [0.4, 0.5) is 0 Å². The molecule has 0 saturated carbocycles. The molecule has 2 atom stereocenters. The molecule has 2 N–H and O–H groups in total. The first-order valence-corrected chi connectivity index (χ1v) is 4.61. The molecule has 0 unspecified atom stereocenters. The lowest BCUT2D eigenvalue weighted by Gasteiger charge is -2.09. The first-order chi connectivity index (χ1) is 4.34. The average Bonchev–Trinajstić information content (AvgIpc) is 2.18. The lowest BCUT2D eigenvalue weighted by atomic mass is 10.1. The minimum Gasteiger partial charge on any atom is -0.391 e. The number of hydrogen-bond donors (Lipinski definition) is 2. The number of β-amino-alcohol motifs (C(OH)–C–C–N with tert-alkyl or cyclic N) is 1. The van der Waals surface area contributed by atoms with E-state index in [1.807, 2.05) is 0 Å². The molecule has 1 saturated heterocycles. The molecule has 9 heavy (non-hydrogen) atoms. The second-order valence-electron chi connectivity index (χ2n) is 2.44. The summed E-state index contributed by atoms with van der Waals surface area (Å²) < 4.78 is 0. The highest BCUT2D eigenvalue weighted by Crippen LogP contribution is 2.13. The maximum atomic E-state index is 9.24. The summed E-state index contributed by atoms with van der Waals surface area (Å²) >= 11 is 1.80. The zero-order valence-corrected chi connectivity index (χ0v) is 6.45. The van der Waals surface area contributed by atoms with E-state index in [1.165, 1.54) is 0 Å². The molecule has 1 heterocycles. The van der Waals surface area contributed by atoms with Gasteiger partial charge in [-0.1, -0.05) is 0 Å². The lowest BCUT2D eigenvalue weighted by molar-refractivity contribution is 0.158. The highest BCUT2D eigenvalue weighted by atomic mass is 32.2. The molecule has 0 bridgehead atoms.